The molecule has 0 unspecified atom stereocenters. The van der Waals surface area contributed by atoms with Crippen LogP contribution in [0.4, 0.5) is 0 Å². The lowest BCUT2D eigenvalue weighted by Gasteiger charge is -1.91. The molecule has 0 radical (unpaired) electrons. The first kappa shape index (κ1) is 7.94. The second kappa shape index (κ2) is 2.99. The number of rotatable bonds is 1. The third-order valence-corrected chi connectivity index (χ3v) is 2.85. The van der Waals surface area contributed by atoms with Crippen LogP contribution in [0.2, 0.25) is 0 Å². The Kier molecular flexibility index (Phi) is 1.98. The van der Waals surface area contributed by atoms with Crippen LogP contribution >= 0.6 is 27.3 Å². The summed E-state index contributed by atoms with van der Waals surface area (Å²) >= 11 is 4.96. The van der Waals surface area contributed by atoms with E-state index in [0.717, 1.165) is 16.0 Å². The fourth-order valence-electron chi connectivity index (χ4n) is 0.876. The molecule has 0 N–H and O–H groups in total. The van der Waals surface area contributed by atoms with Gasteiger partial charge < -0.3 is 0 Å². The van der Waals surface area contributed by atoms with Crippen LogP contribution in [-0.2, 0) is 0 Å². The molecule has 0 amide bonds. The van der Waals surface area contributed by atoms with Gasteiger partial charge in [0.2, 0.25) is 0 Å². The number of aryl methyl sites for hydroxylation is 1. The second-order valence-corrected chi connectivity index (χ2v) is 3.93. The first-order valence-corrected chi connectivity index (χ1v) is 5.11. The van der Waals surface area contributed by atoms with Crippen LogP contribution in [0.25, 0.3) is 5.82 Å². The third-order valence-electron chi connectivity index (χ3n) is 1.49. The molecule has 5 heteroatoms. The topological polar surface area (TPSA) is 30.7 Å². The summed E-state index contributed by atoms with van der Waals surface area (Å²) < 4.78 is 2.77. The van der Waals surface area contributed by atoms with Gasteiger partial charge >= 0.3 is 0 Å². The van der Waals surface area contributed by atoms with Gasteiger partial charge in [0.15, 0.2) is 5.82 Å². The van der Waals surface area contributed by atoms with Gasteiger partial charge in [-0.05, 0) is 22.9 Å². The Labute approximate surface area is 82.2 Å². The van der Waals surface area contributed by atoms with Crippen molar-refractivity contribution in [3.8, 4) is 5.82 Å². The average molecular weight is 244 g/mol. The number of aromatic nitrogens is 3. The zero-order valence-corrected chi connectivity index (χ0v) is 8.76. The zero-order valence-electron chi connectivity index (χ0n) is 6.36. The van der Waals surface area contributed by atoms with E-state index in [1.807, 2.05) is 18.5 Å². The Morgan fingerprint density at radius 1 is 1.58 bits per heavy atom. The zero-order chi connectivity index (χ0) is 8.55. The molecular formula is C7H6BrN3S. The van der Waals surface area contributed by atoms with Crippen molar-refractivity contribution < 1.29 is 0 Å². The summed E-state index contributed by atoms with van der Waals surface area (Å²) in [6.07, 6.45) is 1.91. The minimum Gasteiger partial charge on any atom is -0.226 e. The van der Waals surface area contributed by atoms with Gasteiger partial charge in [-0.1, -0.05) is 0 Å². The monoisotopic (exact) mass is 243 g/mol. The molecule has 0 saturated heterocycles. The standard InChI is InChI=1S/C7H6BrN3S/c1-5-6(8)2-11(10-5)7-3-12-4-9-7/h2-4H,1H3. The summed E-state index contributed by atoms with van der Waals surface area (Å²) in [5.74, 6) is 0.869. The van der Waals surface area contributed by atoms with Crippen molar-refractivity contribution in [2.24, 2.45) is 0 Å². The Morgan fingerprint density at radius 2 is 2.42 bits per heavy atom. The van der Waals surface area contributed by atoms with Gasteiger partial charge in [0.1, 0.15) is 0 Å². The summed E-state index contributed by atoms with van der Waals surface area (Å²) in [6, 6.07) is 0. The Morgan fingerprint density at radius 3 is 2.92 bits per heavy atom. The van der Waals surface area contributed by atoms with Crippen LogP contribution < -0.4 is 0 Å². The van der Waals surface area contributed by atoms with Gasteiger partial charge in [-0.15, -0.1) is 11.3 Å². The van der Waals surface area contributed by atoms with Crippen molar-refractivity contribution in [1.29, 1.82) is 0 Å². The highest BCUT2D eigenvalue weighted by Crippen LogP contribution is 2.16. The van der Waals surface area contributed by atoms with E-state index in [2.05, 4.69) is 26.0 Å². The number of hydrogen-bond acceptors (Lipinski definition) is 3. The summed E-state index contributed by atoms with van der Waals surface area (Å²) in [6.45, 7) is 1.95. The highest BCUT2D eigenvalue weighted by atomic mass is 79.9. The maximum Gasteiger partial charge on any atom is 0.164 e. The Bertz CT molecular complexity index is 360. The molecule has 0 spiro atoms. The molecule has 0 atom stereocenters. The predicted octanol–water partition coefficient (Wildman–Crippen LogP) is 2.40. The first-order chi connectivity index (χ1) is 5.77. The molecule has 12 heavy (non-hydrogen) atoms. The number of hydrogen-bond donors (Lipinski definition) is 0. The largest absolute Gasteiger partial charge is 0.226 e. The van der Waals surface area contributed by atoms with Gasteiger partial charge in [0.25, 0.3) is 0 Å². The summed E-state index contributed by atoms with van der Waals surface area (Å²) in [5, 5.41) is 6.22. The van der Waals surface area contributed by atoms with E-state index in [1.54, 1.807) is 21.5 Å². The van der Waals surface area contributed by atoms with Crippen molar-refractivity contribution in [3.05, 3.63) is 27.3 Å². The van der Waals surface area contributed by atoms with E-state index in [-0.39, 0.29) is 0 Å². The SMILES string of the molecule is Cc1nn(-c2cscn2)cc1Br. The fraction of sp³-hybridized carbons (Fsp3) is 0.143. The fourth-order valence-corrected chi connectivity index (χ4v) is 1.67. The number of halogens is 1. The number of nitrogens with zero attached hydrogens (tertiary/aromatic N) is 3. The van der Waals surface area contributed by atoms with Crippen LogP contribution in [0, 0.1) is 6.92 Å². The van der Waals surface area contributed by atoms with Gasteiger partial charge in [-0.2, -0.15) is 5.10 Å². The van der Waals surface area contributed by atoms with Gasteiger partial charge in [0, 0.05) is 11.6 Å². The molecule has 2 rings (SSSR count). The molecule has 2 aromatic rings. The van der Waals surface area contributed by atoms with Gasteiger partial charge in [0.05, 0.1) is 15.7 Å². The molecule has 62 valence electrons. The Hall–Kier alpha value is -0.680. The lowest BCUT2D eigenvalue weighted by atomic mass is 10.5. The molecule has 2 aromatic heterocycles. The molecule has 0 aromatic carbocycles. The second-order valence-electron chi connectivity index (χ2n) is 2.35. The summed E-state index contributed by atoms with van der Waals surface area (Å²) in [4.78, 5) is 4.14. The van der Waals surface area contributed by atoms with Crippen LogP contribution in [0.15, 0.2) is 21.6 Å². The van der Waals surface area contributed by atoms with Crippen LogP contribution in [-0.4, -0.2) is 14.8 Å². The molecule has 0 bridgehead atoms. The number of thiazole rings is 1. The van der Waals surface area contributed by atoms with Gasteiger partial charge in [-0.25, -0.2) is 9.67 Å². The van der Waals surface area contributed by atoms with E-state index >= 15 is 0 Å². The highest BCUT2D eigenvalue weighted by molar-refractivity contribution is 9.10. The summed E-state index contributed by atoms with van der Waals surface area (Å²) in [7, 11) is 0. The van der Waals surface area contributed by atoms with Crippen LogP contribution in [0.5, 0.6) is 0 Å². The van der Waals surface area contributed by atoms with Crippen molar-refractivity contribution in [1.82, 2.24) is 14.8 Å². The van der Waals surface area contributed by atoms with Crippen molar-refractivity contribution in [2.45, 2.75) is 6.92 Å². The molecule has 0 fully saturated rings. The molecule has 3 nitrogen and oxygen atoms in total. The highest BCUT2D eigenvalue weighted by Gasteiger charge is 2.03. The Balaban J connectivity index is 2.48. The average Bonchev–Trinajstić information content (AvgIpc) is 2.61. The minimum absolute atomic E-state index is 0.869. The van der Waals surface area contributed by atoms with E-state index in [4.69, 9.17) is 0 Å². The normalized spacial score (nSPS) is 10.5. The van der Waals surface area contributed by atoms with Gasteiger partial charge in [-0.3, -0.25) is 0 Å². The van der Waals surface area contributed by atoms with Crippen molar-refractivity contribution >= 4 is 27.3 Å². The predicted molar refractivity (Wildman–Crippen MR) is 51.7 cm³/mol. The lowest BCUT2D eigenvalue weighted by Crippen LogP contribution is -1.93. The molecule has 0 aliphatic rings. The van der Waals surface area contributed by atoms with Crippen molar-refractivity contribution in [2.75, 3.05) is 0 Å². The van der Waals surface area contributed by atoms with Crippen LogP contribution in [0.3, 0.4) is 0 Å². The van der Waals surface area contributed by atoms with Crippen LogP contribution in [0.1, 0.15) is 5.69 Å². The lowest BCUT2D eigenvalue weighted by molar-refractivity contribution is 0.840. The maximum atomic E-state index is 4.27. The molecule has 0 saturated carbocycles. The minimum atomic E-state index is 0.869. The molecule has 2 heterocycles. The maximum absolute atomic E-state index is 4.27. The molecular weight excluding hydrogens is 238 g/mol. The smallest absolute Gasteiger partial charge is 0.164 e. The molecule has 0 aliphatic heterocycles. The van der Waals surface area contributed by atoms with E-state index < -0.39 is 0 Å². The van der Waals surface area contributed by atoms with E-state index in [1.165, 1.54) is 0 Å². The van der Waals surface area contributed by atoms with E-state index in [9.17, 15) is 0 Å². The first-order valence-electron chi connectivity index (χ1n) is 3.37. The molecule has 0 aliphatic carbocycles. The van der Waals surface area contributed by atoms with E-state index in [0.29, 0.717) is 0 Å². The third kappa shape index (κ3) is 1.30. The quantitative estimate of drug-likeness (QED) is 0.771. The van der Waals surface area contributed by atoms with Crippen molar-refractivity contribution in [3.63, 3.8) is 0 Å². The summed E-state index contributed by atoms with van der Waals surface area (Å²) in [5.41, 5.74) is 2.77.